The van der Waals surface area contributed by atoms with Crippen LogP contribution in [0.5, 0.6) is 17.2 Å². The SMILES string of the molecule is COc1cc(/C=C/C(=O)c2cccc(OC(F)F)c2)ccc1OCC(=O)Nc1ccccc1. The molecule has 33 heavy (non-hydrogen) atoms. The maximum atomic E-state index is 12.4. The fourth-order valence-corrected chi connectivity index (χ4v) is 2.86. The number of methoxy groups -OCH3 is 1. The van der Waals surface area contributed by atoms with Gasteiger partial charge in [-0.3, -0.25) is 9.59 Å². The second kappa shape index (κ2) is 11.4. The minimum atomic E-state index is -2.97. The Morgan fingerprint density at radius 2 is 1.76 bits per heavy atom. The van der Waals surface area contributed by atoms with Crippen LogP contribution in [-0.4, -0.2) is 32.0 Å². The van der Waals surface area contributed by atoms with Gasteiger partial charge in [-0.1, -0.05) is 42.5 Å². The molecule has 1 amide bonds. The van der Waals surface area contributed by atoms with E-state index in [1.54, 1.807) is 36.4 Å². The maximum Gasteiger partial charge on any atom is 0.387 e. The van der Waals surface area contributed by atoms with Gasteiger partial charge in [0.05, 0.1) is 7.11 Å². The predicted octanol–water partition coefficient (Wildman–Crippen LogP) is 5.21. The zero-order chi connectivity index (χ0) is 23.6. The van der Waals surface area contributed by atoms with Crippen LogP contribution in [0.25, 0.3) is 6.08 Å². The number of nitrogens with one attached hydrogen (secondary N) is 1. The Morgan fingerprint density at radius 1 is 0.970 bits per heavy atom. The molecule has 0 aliphatic carbocycles. The number of hydrogen-bond acceptors (Lipinski definition) is 5. The number of alkyl halides is 2. The first-order chi connectivity index (χ1) is 15.9. The van der Waals surface area contributed by atoms with Crippen molar-refractivity contribution in [2.45, 2.75) is 6.61 Å². The molecule has 6 nitrogen and oxygen atoms in total. The molecule has 0 atom stereocenters. The highest BCUT2D eigenvalue weighted by Gasteiger charge is 2.10. The monoisotopic (exact) mass is 453 g/mol. The highest BCUT2D eigenvalue weighted by molar-refractivity contribution is 6.07. The van der Waals surface area contributed by atoms with Crippen LogP contribution in [-0.2, 0) is 4.79 Å². The van der Waals surface area contributed by atoms with Gasteiger partial charge < -0.3 is 19.5 Å². The average Bonchev–Trinajstić information content (AvgIpc) is 2.81. The number of rotatable bonds is 10. The number of ketones is 1. The van der Waals surface area contributed by atoms with Crippen LogP contribution in [0.4, 0.5) is 14.5 Å². The fraction of sp³-hybridized carbons (Fsp3) is 0.120. The summed E-state index contributed by atoms with van der Waals surface area (Å²) < 4.78 is 39.9. The van der Waals surface area contributed by atoms with Crippen molar-refractivity contribution in [1.82, 2.24) is 0 Å². The van der Waals surface area contributed by atoms with Crippen molar-refractivity contribution in [2.24, 2.45) is 0 Å². The minimum absolute atomic E-state index is 0.0938. The van der Waals surface area contributed by atoms with Gasteiger partial charge in [0.1, 0.15) is 5.75 Å². The van der Waals surface area contributed by atoms with Gasteiger partial charge in [-0.15, -0.1) is 0 Å². The molecule has 0 saturated carbocycles. The molecule has 0 radical (unpaired) electrons. The first-order valence-corrected chi connectivity index (χ1v) is 9.87. The molecule has 1 N–H and O–H groups in total. The summed E-state index contributed by atoms with van der Waals surface area (Å²) in [7, 11) is 1.46. The Kier molecular flexibility index (Phi) is 8.13. The van der Waals surface area contributed by atoms with Crippen LogP contribution in [0.3, 0.4) is 0 Å². The Hall–Kier alpha value is -4.20. The number of carbonyl (C=O) groups is 2. The van der Waals surface area contributed by atoms with Crippen molar-refractivity contribution in [3.05, 3.63) is 90.0 Å². The topological polar surface area (TPSA) is 73.9 Å². The van der Waals surface area contributed by atoms with Crippen LogP contribution in [0.1, 0.15) is 15.9 Å². The van der Waals surface area contributed by atoms with E-state index in [1.807, 2.05) is 18.2 Å². The number of halogens is 2. The normalized spacial score (nSPS) is 10.8. The molecule has 170 valence electrons. The average molecular weight is 453 g/mol. The van der Waals surface area contributed by atoms with Gasteiger partial charge in [-0.2, -0.15) is 8.78 Å². The number of ether oxygens (including phenoxy) is 3. The fourth-order valence-electron chi connectivity index (χ4n) is 2.86. The summed E-state index contributed by atoms with van der Waals surface area (Å²) in [5.74, 6) is -0.0586. The summed E-state index contributed by atoms with van der Waals surface area (Å²) in [6.45, 7) is -3.18. The lowest BCUT2D eigenvalue weighted by Crippen LogP contribution is -2.20. The van der Waals surface area contributed by atoms with E-state index in [9.17, 15) is 18.4 Å². The molecular weight excluding hydrogens is 432 g/mol. The molecular formula is C25H21F2NO5. The third kappa shape index (κ3) is 7.17. The van der Waals surface area contributed by atoms with E-state index in [1.165, 1.54) is 37.5 Å². The van der Waals surface area contributed by atoms with Gasteiger partial charge in [-0.25, -0.2) is 0 Å². The second-order valence-corrected chi connectivity index (χ2v) is 6.72. The molecule has 0 aromatic heterocycles. The van der Waals surface area contributed by atoms with E-state index in [-0.39, 0.29) is 29.6 Å². The molecule has 3 aromatic carbocycles. The van der Waals surface area contributed by atoms with E-state index >= 15 is 0 Å². The first-order valence-electron chi connectivity index (χ1n) is 9.87. The summed E-state index contributed by atoms with van der Waals surface area (Å²) in [6, 6.07) is 19.5. The van der Waals surface area contributed by atoms with Crippen LogP contribution < -0.4 is 19.5 Å². The van der Waals surface area contributed by atoms with Gasteiger partial charge >= 0.3 is 6.61 Å². The molecule has 0 heterocycles. The second-order valence-electron chi connectivity index (χ2n) is 6.72. The van der Waals surface area contributed by atoms with Crippen LogP contribution in [0.15, 0.2) is 78.9 Å². The molecule has 0 unspecified atom stereocenters. The molecule has 3 aromatic rings. The first kappa shape index (κ1) is 23.5. The van der Waals surface area contributed by atoms with Crippen molar-refractivity contribution >= 4 is 23.5 Å². The van der Waals surface area contributed by atoms with Crippen LogP contribution >= 0.6 is 0 Å². The minimum Gasteiger partial charge on any atom is -0.493 e. The van der Waals surface area contributed by atoms with Crippen molar-refractivity contribution in [3.63, 3.8) is 0 Å². The van der Waals surface area contributed by atoms with Crippen molar-refractivity contribution in [1.29, 1.82) is 0 Å². The van der Waals surface area contributed by atoms with Crippen LogP contribution in [0, 0.1) is 0 Å². The number of carbonyl (C=O) groups excluding carboxylic acids is 2. The van der Waals surface area contributed by atoms with Gasteiger partial charge in [0, 0.05) is 11.3 Å². The Labute approximate surface area is 189 Å². The number of anilines is 1. The smallest absolute Gasteiger partial charge is 0.387 e. The van der Waals surface area contributed by atoms with Crippen LogP contribution in [0.2, 0.25) is 0 Å². The Morgan fingerprint density at radius 3 is 2.48 bits per heavy atom. The zero-order valence-electron chi connectivity index (χ0n) is 17.7. The van der Waals surface area contributed by atoms with Gasteiger partial charge in [-0.05, 0) is 48.0 Å². The molecule has 0 aliphatic heterocycles. The van der Waals surface area contributed by atoms with E-state index in [2.05, 4.69) is 10.1 Å². The summed E-state index contributed by atoms with van der Waals surface area (Å²) in [6.07, 6.45) is 2.86. The van der Waals surface area contributed by atoms with Gasteiger partial charge in [0.25, 0.3) is 5.91 Å². The van der Waals surface area contributed by atoms with E-state index in [0.717, 1.165) is 0 Å². The number of hydrogen-bond donors (Lipinski definition) is 1. The predicted molar refractivity (Wildman–Crippen MR) is 120 cm³/mol. The quantitative estimate of drug-likeness (QED) is 0.337. The number of allylic oxidation sites excluding steroid dienone is 1. The van der Waals surface area contributed by atoms with Crippen molar-refractivity contribution in [2.75, 3.05) is 19.0 Å². The molecule has 0 aliphatic rings. The number of benzene rings is 3. The lowest BCUT2D eigenvalue weighted by Gasteiger charge is -2.11. The molecule has 0 bridgehead atoms. The van der Waals surface area contributed by atoms with E-state index in [4.69, 9.17) is 9.47 Å². The Bertz CT molecular complexity index is 1130. The zero-order valence-corrected chi connectivity index (χ0v) is 17.7. The van der Waals surface area contributed by atoms with Gasteiger partial charge in [0.2, 0.25) is 0 Å². The summed E-state index contributed by atoms with van der Waals surface area (Å²) >= 11 is 0. The third-order valence-electron chi connectivity index (χ3n) is 4.37. The Balaban J connectivity index is 1.62. The van der Waals surface area contributed by atoms with Crippen molar-refractivity contribution < 1.29 is 32.6 Å². The highest BCUT2D eigenvalue weighted by atomic mass is 19.3. The van der Waals surface area contributed by atoms with E-state index < -0.39 is 6.61 Å². The molecule has 8 heteroatoms. The standard InChI is InChI=1S/C25H21F2NO5/c1-31-23-14-17(10-12-21(29)18-6-5-9-20(15-18)33-25(26)27)11-13-22(23)32-16-24(30)28-19-7-3-2-4-8-19/h2-15,25H,16H2,1H3,(H,28,30)/b12-10+. The number of para-hydroxylation sites is 1. The third-order valence-corrected chi connectivity index (χ3v) is 4.37. The number of amides is 1. The molecule has 0 fully saturated rings. The summed E-state index contributed by atoms with van der Waals surface area (Å²) in [5.41, 5.74) is 1.51. The lowest BCUT2D eigenvalue weighted by atomic mass is 10.1. The highest BCUT2D eigenvalue weighted by Crippen LogP contribution is 2.28. The van der Waals surface area contributed by atoms with Gasteiger partial charge in [0.15, 0.2) is 23.9 Å². The largest absolute Gasteiger partial charge is 0.493 e. The van der Waals surface area contributed by atoms with Crippen molar-refractivity contribution in [3.8, 4) is 17.2 Å². The lowest BCUT2D eigenvalue weighted by molar-refractivity contribution is -0.118. The summed E-state index contributed by atoms with van der Waals surface area (Å²) in [5, 5.41) is 2.72. The molecule has 3 rings (SSSR count). The van der Waals surface area contributed by atoms with E-state index in [0.29, 0.717) is 22.7 Å². The molecule has 0 spiro atoms. The molecule has 0 saturated heterocycles. The summed E-state index contributed by atoms with van der Waals surface area (Å²) in [4.78, 5) is 24.4. The maximum absolute atomic E-state index is 12.4.